The molecule has 3 heterocycles. The number of H-pyrrole nitrogens is 2. The molecule has 9 nitrogen and oxygen atoms in total. The van der Waals surface area contributed by atoms with E-state index >= 15 is 0 Å². The van der Waals surface area contributed by atoms with Crippen LogP contribution in [0.5, 0.6) is 0 Å². The SMILES string of the molecule is CC1C=CC(Cn2cc(C(=O)Nc3c[nH]c(=O)c(-c4cc5cc(CNCCO)ccc5[nH]4)c3)cn2)=CC1. The lowest BCUT2D eigenvalue weighted by atomic mass is 9.99. The first-order valence-electron chi connectivity index (χ1n) is 12.4. The van der Waals surface area contributed by atoms with Crippen molar-refractivity contribution in [3.63, 3.8) is 0 Å². The lowest BCUT2D eigenvalue weighted by molar-refractivity contribution is 0.102. The number of fused-ring (bicyclic) bond motifs is 1. The summed E-state index contributed by atoms with van der Waals surface area (Å²) in [4.78, 5) is 31.5. The predicted molar refractivity (Wildman–Crippen MR) is 144 cm³/mol. The summed E-state index contributed by atoms with van der Waals surface area (Å²) >= 11 is 0. The Kier molecular flexibility index (Phi) is 7.16. The molecule has 37 heavy (non-hydrogen) atoms. The van der Waals surface area contributed by atoms with Crippen LogP contribution in [-0.4, -0.2) is 43.9 Å². The summed E-state index contributed by atoms with van der Waals surface area (Å²) < 4.78 is 1.75. The molecule has 0 saturated heterocycles. The van der Waals surface area contributed by atoms with Gasteiger partial charge in [-0.2, -0.15) is 5.10 Å². The largest absolute Gasteiger partial charge is 0.395 e. The molecule has 1 aliphatic rings. The fraction of sp³-hybridized carbons (Fsp3) is 0.250. The molecule has 1 atom stereocenters. The molecule has 5 rings (SSSR count). The Morgan fingerprint density at radius 1 is 1.27 bits per heavy atom. The minimum Gasteiger partial charge on any atom is -0.395 e. The monoisotopic (exact) mass is 498 g/mol. The third kappa shape index (κ3) is 5.79. The van der Waals surface area contributed by atoms with E-state index in [0.717, 1.165) is 22.9 Å². The lowest BCUT2D eigenvalue weighted by Gasteiger charge is -2.11. The number of carbonyl (C=O) groups is 1. The summed E-state index contributed by atoms with van der Waals surface area (Å²) in [5.74, 6) is 0.245. The summed E-state index contributed by atoms with van der Waals surface area (Å²) in [5, 5.41) is 20.3. The second-order valence-electron chi connectivity index (χ2n) is 9.37. The number of amides is 1. The highest BCUT2D eigenvalue weighted by molar-refractivity contribution is 6.04. The van der Waals surface area contributed by atoms with Crippen molar-refractivity contribution in [2.45, 2.75) is 26.4 Å². The van der Waals surface area contributed by atoms with Crippen molar-refractivity contribution < 1.29 is 9.90 Å². The fourth-order valence-electron chi connectivity index (χ4n) is 4.35. The van der Waals surface area contributed by atoms with E-state index in [1.165, 1.54) is 11.8 Å². The van der Waals surface area contributed by atoms with Gasteiger partial charge in [-0.05, 0) is 47.7 Å². The molecule has 1 amide bonds. The summed E-state index contributed by atoms with van der Waals surface area (Å²) in [6.07, 6.45) is 12.3. The summed E-state index contributed by atoms with van der Waals surface area (Å²) in [7, 11) is 0. The molecule has 0 fully saturated rings. The van der Waals surface area contributed by atoms with Crippen molar-refractivity contribution in [2.75, 3.05) is 18.5 Å². The minimum atomic E-state index is -0.303. The molecule has 0 aliphatic heterocycles. The molecule has 1 unspecified atom stereocenters. The molecule has 1 aromatic carbocycles. The summed E-state index contributed by atoms with van der Waals surface area (Å²) in [6.45, 7) is 4.04. The average Bonchev–Trinajstić information content (AvgIpc) is 3.54. The van der Waals surface area contributed by atoms with Gasteiger partial charge in [0.05, 0.1) is 41.9 Å². The first-order valence-corrected chi connectivity index (χ1v) is 12.4. The topological polar surface area (TPSA) is 128 Å². The Balaban J connectivity index is 1.30. The molecule has 0 saturated carbocycles. The number of allylic oxidation sites excluding steroid dienone is 4. The van der Waals surface area contributed by atoms with Crippen LogP contribution in [0.3, 0.4) is 0 Å². The number of aromatic nitrogens is 4. The first-order chi connectivity index (χ1) is 18.0. The second kappa shape index (κ2) is 10.8. The van der Waals surface area contributed by atoms with Crippen molar-refractivity contribution in [1.82, 2.24) is 25.1 Å². The van der Waals surface area contributed by atoms with Crippen LogP contribution < -0.4 is 16.2 Å². The van der Waals surface area contributed by atoms with Gasteiger partial charge in [0.1, 0.15) is 0 Å². The molecule has 0 bridgehead atoms. The molecule has 0 spiro atoms. The normalized spacial score (nSPS) is 15.2. The number of benzene rings is 1. The maximum Gasteiger partial charge on any atom is 0.258 e. The van der Waals surface area contributed by atoms with E-state index in [2.05, 4.69) is 50.9 Å². The van der Waals surface area contributed by atoms with Crippen LogP contribution in [0.4, 0.5) is 5.69 Å². The van der Waals surface area contributed by atoms with Crippen molar-refractivity contribution >= 4 is 22.5 Å². The van der Waals surface area contributed by atoms with Gasteiger partial charge in [-0.15, -0.1) is 0 Å². The summed E-state index contributed by atoms with van der Waals surface area (Å²) in [5.41, 5.74) is 4.89. The number of hydrogen-bond donors (Lipinski definition) is 5. The molecule has 5 N–H and O–H groups in total. The number of hydrogen-bond acceptors (Lipinski definition) is 5. The number of aliphatic hydroxyl groups excluding tert-OH is 1. The zero-order valence-corrected chi connectivity index (χ0v) is 20.6. The molecule has 190 valence electrons. The van der Waals surface area contributed by atoms with Crippen LogP contribution in [0, 0.1) is 5.92 Å². The quantitative estimate of drug-likeness (QED) is 0.225. The van der Waals surface area contributed by atoms with Gasteiger partial charge in [0.2, 0.25) is 0 Å². The van der Waals surface area contributed by atoms with Crippen LogP contribution >= 0.6 is 0 Å². The third-order valence-electron chi connectivity index (χ3n) is 6.38. The van der Waals surface area contributed by atoms with Crippen molar-refractivity contribution in [2.24, 2.45) is 5.92 Å². The van der Waals surface area contributed by atoms with Gasteiger partial charge in [0, 0.05) is 36.4 Å². The van der Waals surface area contributed by atoms with E-state index in [-0.39, 0.29) is 18.1 Å². The summed E-state index contributed by atoms with van der Waals surface area (Å²) in [6, 6.07) is 9.58. The highest BCUT2D eigenvalue weighted by Crippen LogP contribution is 2.25. The van der Waals surface area contributed by atoms with E-state index < -0.39 is 0 Å². The number of carbonyl (C=O) groups excluding carboxylic acids is 1. The van der Waals surface area contributed by atoms with Crippen molar-refractivity contribution in [3.8, 4) is 11.3 Å². The van der Waals surface area contributed by atoms with E-state index in [0.29, 0.717) is 48.1 Å². The molecular weight excluding hydrogens is 468 g/mol. The maximum absolute atomic E-state index is 12.9. The van der Waals surface area contributed by atoms with E-state index in [9.17, 15) is 9.59 Å². The van der Waals surface area contributed by atoms with Gasteiger partial charge in [0.15, 0.2) is 0 Å². The Hall–Kier alpha value is -4.21. The molecular formula is C28H30N6O3. The Labute approximate surface area is 213 Å². The van der Waals surface area contributed by atoms with Crippen LogP contribution in [0.1, 0.15) is 29.3 Å². The molecule has 9 heteroatoms. The molecule has 0 radical (unpaired) electrons. The maximum atomic E-state index is 12.9. The van der Waals surface area contributed by atoms with Crippen LogP contribution in [0.25, 0.3) is 22.2 Å². The smallest absolute Gasteiger partial charge is 0.258 e. The lowest BCUT2D eigenvalue weighted by Crippen LogP contribution is -2.17. The van der Waals surface area contributed by atoms with Crippen molar-refractivity contribution in [1.29, 1.82) is 0 Å². The molecule has 1 aliphatic carbocycles. The van der Waals surface area contributed by atoms with Gasteiger partial charge >= 0.3 is 0 Å². The minimum absolute atomic E-state index is 0.0871. The van der Waals surface area contributed by atoms with Gasteiger partial charge in [-0.1, -0.05) is 31.2 Å². The van der Waals surface area contributed by atoms with Gasteiger partial charge in [0.25, 0.3) is 11.5 Å². The van der Waals surface area contributed by atoms with Gasteiger partial charge < -0.3 is 25.7 Å². The van der Waals surface area contributed by atoms with E-state index in [1.807, 2.05) is 24.3 Å². The average molecular weight is 499 g/mol. The predicted octanol–water partition coefficient (Wildman–Crippen LogP) is 3.58. The Morgan fingerprint density at radius 2 is 2.16 bits per heavy atom. The van der Waals surface area contributed by atoms with Crippen LogP contribution in [0.2, 0.25) is 0 Å². The number of aliphatic hydroxyl groups is 1. The van der Waals surface area contributed by atoms with Gasteiger partial charge in [-0.25, -0.2) is 0 Å². The highest BCUT2D eigenvalue weighted by atomic mass is 16.3. The zero-order chi connectivity index (χ0) is 25.8. The van der Waals surface area contributed by atoms with Gasteiger partial charge in [-0.3, -0.25) is 14.3 Å². The number of nitrogens with zero attached hydrogens (tertiary/aromatic N) is 2. The van der Waals surface area contributed by atoms with Crippen LogP contribution in [-0.2, 0) is 13.1 Å². The number of aromatic amines is 2. The number of pyridine rings is 1. The highest BCUT2D eigenvalue weighted by Gasteiger charge is 2.14. The standard InChI is InChI=1S/C28H30N6O3/c1-18-2-4-19(5-3-18)16-34-17-22(14-31-34)27(36)32-23-12-24(28(37)30-15-23)26-11-21-10-20(13-29-8-9-35)6-7-25(21)33-26/h2,4-7,10-12,14-15,17-18,29,33,35H,3,8-9,13,16H2,1H3,(H,30,37)(H,32,36). The fourth-order valence-corrected chi connectivity index (χ4v) is 4.35. The second-order valence-corrected chi connectivity index (χ2v) is 9.37. The number of nitrogens with one attached hydrogen (secondary N) is 4. The Morgan fingerprint density at radius 3 is 2.97 bits per heavy atom. The molecule has 3 aromatic heterocycles. The first kappa shape index (κ1) is 24.5. The van der Waals surface area contributed by atoms with Crippen molar-refractivity contribution in [3.05, 3.63) is 94.2 Å². The number of anilines is 1. The Bertz CT molecular complexity index is 1540. The zero-order valence-electron chi connectivity index (χ0n) is 20.6. The van der Waals surface area contributed by atoms with E-state index in [1.54, 1.807) is 23.1 Å². The van der Waals surface area contributed by atoms with E-state index in [4.69, 9.17) is 5.11 Å². The van der Waals surface area contributed by atoms with Crippen LogP contribution in [0.15, 0.2) is 77.5 Å². The number of rotatable bonds is 9. The molecule has 4 aromatic rings. The third-order valence-corrected chi connectivity index (χ3v) is 6.38.